The summed E-state index contributed by atoms with van der Waals surface area (Å²) < 4.78 is 5.60. The minimum atomic E-state index is -0.467. The van der Waals surface area contributed by atoms with Crippen LogP contribution in [0.25, 0.3) is 0 Å². The summed E-state index contributed by atoms with van der Waals surface area (Å²) in [6.45, 7) is 7.58. The lowest BCUT2D eigenvalue weighted by Gasteiger charge is -2.21. The van der Waals surface area contributed by atoms with Crippen LogP contribution in [0.1, 0.15) is 65.8 Å². The van der Waals surface area contributed by atoms with Crippen LogP contribution in [0.2, 0.25) is 0 Å². The molecule has 2 rings (SSSR count). The minimum Gasteiger partial charge on any atom is -0.454 e. The van der Waals surface area contributed by atoms with Crippen LogP contribution in [0.3, 0.4) is 0 Å². The Morgan fingerprint density at radius 2 is 1.85 bits per heavy atom. The first-order valence-electron chi connectivity index (χ1n) is 9.10. The summed E-state index contributed by atoms with van der Waals surface area (Å²) in [5, 5.41) is 0. The highest BCUT2D eigenvalue weighted by Gasteiger charge is 2.23. The van der Waals surface area contributed by atoms with Crippen molar-refractivity contribution in [3.8, 4) is 0 Å². The Balaban J connectivity index is 2.42. The van der Waals surface area contributed by atoms with Crippen molar-refractivity contribution in [3.05, 3.63) is 83.4 Å². The first kappa shape index (κ1) is 19.6. The van der Waals surface area contributed by atoms with Gasteiger partial charge >= 0.3 is 5.97 Å². The summed E-state index contributed by atoms with van der Waals surface area (Å²) in [5.74, 6) is -0.526. The summed E-state index contributed by atoms with van der Waals surface area (Å²) in [6, 6.07) is 14.9. The Bertz CT molecular complexity index is 762. The fourth-order valence-electron chi connectivity index (χ4n) is 2.95. The van der Waals surface area contributed by atoms with Gasteiger partial charge in [-0.2, -0.15) is 0 Å². The predicted octanol–water partition coefficient (Wildman–Crippen LogP) is 5.58. The first-order valence-corrected chi connectivity index (χ1v) is 9.10. The molecule has 1 unspecified atom stereocenters. The maximum atomic E-state index is 13.0. The van der Waals surface area contributed by atoms with E-state index >= 15 is 0 Å². The van der Waals surface area contributed by atoms with E-state index in [0.717, 1.165) is 30.4 Å². The van der Waals surface area contributed by atoms with E-state index in [-0.39, 0.29) is 5.78 Å². The molecule has 3 heteroatoms. The lowest BCUT2D eigenvalue weighted by Crippen LogP contribution is -2.15. The molecule has 0 aliphatic carbocycles. The highest BCUT2D eigenvalue weighted by Crippen LogP contribution is 2.30. The molecule has 0 heterocycles. The van der Waals surface area contributed by atoms with Gasteiger partial charge in [0.15, 0.2) is 5.78 Å². The Labute approximate surface area is 155 Å². The molecular formula is C23H26O3. The van der Waals surface area contributed by atoms with Crippen molar-refractivity contribution in [1.29, 1.82) is 0 Å². The van der Waals surface area contributed by atoms with Crippen LogP contribution in [0.15, 0.2) is 61.2 Å². The van der Waals surface area contributed by atoms with Crippen molar-refractivity contribution >= 4 is 11.8 Å². The van der Waals surface area contributed by atoms with E-state index in [1.165, 1.54) is 6.08 Å². The topological polar surface area (TPSA) is 43.4 Å². The maximum Gasteiger partial charge on any atom is 0.330 e. The van der Waals surface area contributed by atoms with Gasteiger partial charge in [-0.3, -0.25) is 4.79 Å². The number of carbonyl (C=O) groups excluding carboxylic acids is 2. The number of esters is 1. The summed E-state index contributed by atoms with van der Waals surface area (Å²) in [5.41, 5.74) is 3.00. The largest absolute Gasteiger partial charge is 0.454 e. The van der Waals surface area contributed by atoms with Gasteiger partial charge in [0.2, 0.25) is 0 Å². The Morgan fingerprint density at radius 1 is 1.12 bits per heavy atom. The highest BCUT2D eigenvalue weighted by atomic mass is 16.5. The molecule has 0 amide bonds. The van der Waals surface area contributed by atoms with E-state index in [1.807, 2.05) is 43.3 Å². The average molecular weight is 350 g/mol. The number of ether oxygens (including phenoxy) is 1. The summed E-state index contributed by atoms with van der Waals surface area (Å²) in [4.78, 5) is 24.8. The molecule has 0 saturated carbocycles. The number of aryl methyl sites for hydroxylation is 1. The smallest absolute Gasteiger partial charge is 0.330 e. The van der Waals surface area contributed by atoms with Crippen molar-refractivity contribution in [2.45, 2.75) is 45.6 Å². The second-order valence-electron chi connectivity index (χ2n) is 6.41. The molecule has 0 aliphatic rings. The van der Waals surface area contributed by atoms with Crippen LogP contribution in [0.4, 0.5) is 0 Å². The third-order valence-electron chi connectivity index (χ3n) is 4.33. The van der Waals surface area contributed by atoms with Crippen LogP contribution in [-0.2, 0) is 9.53 Å². The number of carbonyl (C=O) groups is 2. The predicted molar refractivity (Wildman–Crippen MR) is 104 cm³/mol. The molecule has 26 heavy (non-hydrogen) atoms. The van der Waals surface area contributed by atoms with Gasteiger partial charge < -0.3 is 4.74 Å². The van der Waals surface area contributed by atoms with Crippen molar-refractivity contribution in [1.82, 2.24) is 0 Å². The number of rotatable bonds is 9. The lowest BCUT2D eigenvalue weighted by atomic mass is 9.91. The Kier molecular flexibility index (Phi) is 7.34. The number of ketones is 1. The molecule has 0 N–H and O–H groups in total. The maximum absolute atomic E-state index is 13.0. The quantitative estimate of drug-likeness (QED) is 0.257. The summed E-state index contributed by atoms with van der Waals surface area (Å²) in [7, 11) is 0. The van der Waals surface area contributed by atoms with Gasteiger partial charge in [-0.25, -0.2) is 4.79 Å². The molecule has 0 aliphatic heterocycles. The van der Waals surface area contributed by atoms with Gasteiger partial charge in [-0.05, 0) is 19.8 Å². The van der Waals surface area contributed by atoms with E-state index in [4.69, 9.17) is 4.74 Å². The van der Waals surface area contributed by atoms with E-state index in [2.05, 4.69) is 13.5 Å². The Hall–Kier alpha value is -2.68. The van der Waals surface area contributed by atoms with Gasteiger partial charge in [0.05, 0.1) is 0 Å². The molecule has 1 atom stereocenters. The third-order valence-corrected chi connectivity index (χ3v) is 4.33. The number of hydrogen-bond donors (Lipinski definition) is 0. The molecule has 136 valence electrons. The molecular weight excluding hydrogens is 324 g/mol. The van der Waals surface area contributed by atoms with Crippen LogP contribution in [-0.4, -0.2) is 11.8 Å². The van der Waals surface area contributed by atoms with E-state index in [9.17, 15) is 9.59 Å². The van der Waals surface area contributed by atoms with E-state index < -0.39 is 12.1 Å². The molecule has 2 aromatic rings. The van der Waals surface area contributed by atoms with Gasteiger partial charge in [0.1, 0.15) is 6.10 Å². The van der Waals surface area contributed by atoms with Crippen LogP contribution in [0.5, 0.6) is 0 Å². The van der Waals surface area contributed by atoms with Gasteiger partial charge in [-0.1, -0.05) is 80.4 Å². The van der Waals surface area contributed by atoms with Crippen molar-refractivity contribution in [2.24, 2.45) is 0 Å². The van der Waals surface area contributed by atoms with Crippen LogP contribution < -0.4 is 0 Å². The molecule has 0 fully saturated rings. The van der Waals surface area contributed by atoms with E-state index in [1.54, 1.807) is 12.1 Å². The zero-order valence-electron chi connectivity index (χ0n) is 15.5. The summed E-state index contributed by atoms with van der Waals surface area (Å²) in [6.07, 6.45) is 4.46. The van der Waals surface area contributed by atoms with Gasteiger partial charge in [0, 0.05) is 22.8 Å². The second kappa shape index (κ2) is 9.71. The fraction of sp³-hybridized carbons (Fsp3) is 0.304. The molecule has 0 bridgehead atoms. The number of benzene rings is 2. The molecule has 0 aromatic heterocycles. The van der Waals surface area contributed by atoms with Gasteiger partial charge in [-0.15, -0.1) is 0 Å². The Morgan fingerprint density at radius 3 is 2.50 bits per heavy atom. The average Bonchev–Trinajstić information content (AvgIpc) is 2.67. The molecule has 3 nitrogen and oxygen atoms in total. The first-order chi connectivity index (χ1) is 12.6. The molecule has 2 aromatic carbocycles. The number of hydrogen-bond acceptors (Lipinski definition) is 3. The normalized spacial score (nSPS) is 11.6. The zero-order valence-corrected chi connectivity index (χ0v) is 15.5. The van der Waals surface area contributed by atoms with Crippen LogP contribution in [0, 0.1) is 6.92 Å². The molecule has 0 radical (unpaired) electrons. The monoisotopic (exact) mass is 350 g/mol. The third kappa shape index (κ3) is 5.16. The lowest BCUT2D eigenvalue weighted by molar-refractivity contribution is -0.143. The zero-order chi connectivity index (χ0) is 18.9. The van der Waals surface area contributed by atoms with Crippen molar-refractivity contribution < 1.29 is 14.3 Å². The summed E-state index contributed by atoms with van der Waals surface area (Å²) >= 11 is 0. The number of unbranched alkanes of at least 4 members (excludes halogenated alkanes) is 2. The van der Waals surface area contributed by atoms with E-state index in [0.29, 0.717) is 17.5 Å². The van der Waals surface area contributed by atoms with Crippen LogP contribution >= 0.6 is 0 Å². The van der Waals surface area contributed by atoms with Gasteiger partial charge in [0.25, 0.3) is 0 Å². The molecule has 0 saturated heterocycles. The standard InChI is InChI=1S/C23H26O3/c1-4-6-8-13-21(26-22(24)5-2)20-16-17(3)14-15-19(20)23(25)18-11-9-7-10-12-18/h5,7,9-12,14-16,21H,2,4,6,8,13H2,1,3H3. The fourth-order valence-corrected chi connectivity index (χ4v) is 2.95. The minimum absolute atomic E-state index is 0.0595. The SMILES string of the molecule is C=CC(=O)OC(CCCCC)c1cc(C)ccc1C(=O)c1ccccc1. The second-order valence-corrected chi connectivity index (χ2v) is 6.41. The molecule has 0 spiro atoms. The highest BCUT2D eigenvalue weighted by molar-refractivity contribution is 6.10. The van der Waals surface area contributed by atoms with Crippen molar-refractivity contribution in [3.63, 3.8) is 0 Å². The van der Waals surface area contributed by atoms with Crippen molar-refractivity contribution in [2.75, 3.05) is 0 Å².